The number of allylic oxidation sites excluding steroid dienone is 4. The third-order valence-electron chi connectivity index (χ3n) is 8.71. The first-order valence-electron chi connectivity index (χ1n) is 13.5. The summed E-state index contributed by atoms with van der Waals surface area (Å²) in [5, 5.41) is 13.1. The van der Waals surface area contributed by atoms with E-state index in [9.17, 15) is 10.1 Å². The molecule has 3 atom stereocenters. The average molecular weight is 507 g/mol. The van der Waals surface area contributed by atoms with Crippen LogP contribution in [0.3, 0.4) is 0 Å². The molecule has 0 saturated carbocycles. The van der Waals surface area contributed by atoms with E-state index >= 15 is 4.39 Å². The number of hydrogen-bond donors (Lipinski definition) is 1. The number of rotatable bonds is 5. The van der Waals surface area contributed by atoms with Gasteiger partial charge in [0.15, 0.2) is 5.67 Å². The number of carbonyl (C=O) groups excluding carboxylic acids is 1. The Bertz CT molecular complexity index is 1430. The minimum atomic E-state index is -1.35. The zero-order chi connectivity index (χ0) is 26.5. The highest BCUT2D eigenvalue weighted by Crippen LogP contribution is 2.47. The highest BCUT2D eigenvalue weighted by Gasteiger charge is 2.41. The van der Waals surface area contributed by atoms with Crippen LogP contribution >= 0.6 is 0 Å². The molecule has 0 spiro atoms. The van der Waals surface area contributed by atoms with Gasteiger partial charge in [0.1, 0.15) is 0 Å². The van der Waals surface area contributed by atoms with Crippen LogP contribution in [-0.4, -0.2) is 30.4 Å². The number of amides is 1. The van der Waals surface area contributed by atoms with Crippen molar-refractivity contribution in [2.24, 2.45) is 5.41 Å². The number of halogens is 1. The lowest BCUT2D eigenvalue weighted by molar-refractivity contribution is 0.0940. The molecule has 1 radical (unpaired) electrons. The normalized spacial score (nSPS) is 29.6. The second-order valence-electron chi connectivity index (χ2n) is 11.9. The molecule has 6 rings (SSSR count). The van der Waals surface area contributed by atoms with Crippen molar-refractivity contribution in [2.75, 3.05) is 19.6 Å². The summed E-state index contributed by atoms with van der Waals surface area (Å²) in [6.45, 7) is 5.57. The number of hydrogen-bond acceptors (Lipinski definition) is 3. The first-order chi connectivity index (χ1) is 18.2. The van der Waals surface area contributed by atoms with Crippen molar-refractivity contribution < 1.29 is 9.18 Å². The topological polar surface area (TPSA) is 56.1 Å². The van der Waals surface area contributed by atoms with Crippen LogP contribution in [0.2, 0.25) is 0 Å². The smallest absolute Gasteiger partial charge is 0.251 e. The molecule has 4 nitrogen and oxygen atoms in total. The summed E-state index contributed by atoms with van der Waals surface area (Å²) >= 11 is 0. The lowest BCUT2D eigenvalue weighted by atomic mass is 9.77. The quantitative estimate of drug-likeness (QED) is 0.535. The summed E-state index contributed by atoms with van der Waals surface area (Å²) in [5.74, 6) is -0.131. The van der Waals surface area contributed by atoms with Gasteiger partial charge in [0, 0.05) is 42.6 Å². The summed E-state index contributed by atoms with van der Waals surface area (Å²) in [7, 11) is 0. The minimum Gasteiger partial charge on any atom is -0.368 e. The van der Waals surface area contributed by atoms with Crippen molar-refractivity contribution in [3.63, 3.8) is 0 Å². The van der Waals surface area contributed by atoms with E-state index in [2.05, 4.69) is 47.9 Å². The fourth-order valence-electron chi connectivity index (χ4n) is 6.25. The third kappa shape index (κ3) is 4.47. The van der Waals surface area contributed by atoms with Crippen LogP contribution in [0.1, 0.15) is 60.2 Å². The first-order valence-corrected chi connectivity index (χ1v) is 13.5. The van der Waals surface area contributed by atoms with Crippen LogP contribution in [0.5, 0.6) is 0 Å². The molecule has 1 aliphatic heterocycles. The fourth-order valence-corrected chi connectivity index (χ4v) is 6.25. The molecule has 4 aliphatic rings. The third-order valence-corrected chi connectivity index (χ3v) is 8.71. The highest BCUT2D eigenvalue weighted by molar-refractivity contribution is 5.94. The van der Waals surface area contributed by atoms with Gasteiger partial charge >= 0.3 is 0 Å². The molecule has 193 valence electrons. The van der Waals surface area contributed by atoms with Crippen LogP contribution < -0.4 is 5.32 Å². The minimum absolute atomic E-state index is 0.131. The van der Waals surface area contributed by atoms with Gasteiger partial charge in [0.2, 0.25) is 0 Å². The van der Waals surface area contributed by atoms with E-state index in [1.165, 1.54) is 11.1 Å². The Balaban J connectivity index is 1.15. The van der Waals surface area contributed by atoms with E-state index < -0.39 is 11.1 Å². The number of fused-ring (bicyclic) bond motifs is 1. The van der Waals surface area contributed by atoms with Crippen molar-refractivity contribution in [3.8, 4) is 6.07 Å². The van der Waals surface area contributed by atoms with E-state index in [0.717, 1.165) is 35.2 Å². The van der Waals surface area contributed by atoms with E-state index in [-0.39, 0.29) is 11.3 Å². The number of benzene rings is 2. The molecular weight excluding hydrogens is 473 g/mol. The standard InChI is InChI=1S/C33H33FN3O/c1-31(12-6-9-28(19-31)37-14-13-33(34,22-37)27-7-4-3-5-8-27)21-36-30(38)24-11-10-23-15-25-16-26(25)18-32(2,20-35)29(23)17-24/h3-11,16-17,19H,12-15,18,21-22H2,1-2H3,(H,36,38)/t31?,32-,33?/m0/s1. The number of nitriles is 1. The lowest BCUT2D eigenvalue weighted by Gasteiger charge is -2.32. The van der Waals surface area contributed by atoms with Crippen molar-refractivity contribution in [1.29, 1.82) is 5.26 Å². The molecule has 38 heavy (non-hydrogen) atoms. The Hall–Kier alpha value is -3.65. The van der Waals surface area contributed by atoms with Crippen molar-refractivity contribution in [2.45, 2.75) is 50.6 Å². The molecule has 2 aromatic rings. The Morgan fingerprint density at radius 2 is 1.97 bits per heavy atom. The lowest BCUT2D eigenvalue weighted by Crippen LogP contribution is -2.37. The maximum Gasteiger partial charge on any atom is 0.251 e. The van der Waals surface area contributed by atoms with E-state index in [1.54, 1.807) is 0 Å². The van der Waals surface area contributed by atoms with Crippen LogP contribution in [0.25, 0.3) is 0 Å². The molecule has 5 heteroatoms. The molecule has 3 aliphatic carbocycles. The molecule has 0 aromatic heterocycles. The fraction of sp³-hybridized carbons (Fsp3) is 0.364. The molecular formula is C33H33FN3O. The SMILES string of the molecule is CC1(CNC(=O)c2ccc3c(c2)[C@](C)(C#N)CC2=C([CH]2)C3)C=C(N2CCC(F)(c3ccccc3)C2)C=CC1. The molecule has 1 N–H and O–H groups in total. The summed E-state index contributed by atoms with van der Waals surface area (Å²) in [6, 6.07) is 17.7. The number of likely N-dealkylation sites (tertiary alicyclic amines) is 1. The van der Waals surface area contributed by atoms with Crippen molar-refractivity contribution in [3.05, 3.63) is 112 Å². The highest BCUT2D eigenvalue weighted by atomic mass is 19.1. The van der Waals surface area contributed by atoms with Gasteiger partial charge in [0.25, 0.3) is 5.91 Å². The number of nitrogens with one attached hydrogen (secondary N) is 1. The maximum absolute atomic E-state index is 15.8. The van der Waals surface area contributed by atoms with Crippen molar-refractivity contribution >= 4 is 5.91 Å². The van der Waals surface area contributed by atoms with Crippen LogP contribution in [0.4, 0.5) is 4.39 Å². The van der Waals surface area contributed by atoms with Gasteiger partial charge in [0.05, 0.1) is 18.0 Å². The number of nitrogens with zero attached hydrogens (tertiary/aromatic N) is 2. The summed E-state index contributed by atoms with van der Waals surface area (Å²) in [4.78, 5) is 15.4. The van der Waals surface area contributed by atoms with Gasteiger partial charge in [-0.2, -0.15) is 5.26 Å². The Morgan fingerprint density at radius 1 is 1.16 bits per heavy atom. The van der Waals surface area contributed by atoms with Crippen LogP contribution in [0, 0.1) is 23.2 Å². The van der Waals surface area contributed by atoms with E-state index in [0.29, 0.717) is 38.0 Å². The zero-order valence-electron chi connectivity index (χ0n) is 22.1. The Kier molecular flexibility index (Phi) is 5.83. The maximum atomic E-state index is 15.8. The zero-order valence-corrected chi connectivity index (χ0v) is 22.1. The summed E-state index contributed by atoms with van der Waals surface area (Å²) < 4.78 is 15.8. The number of alkyl halides is 1. The Morgan fingerprint density at radius 3 is 2.76 bits per heavy atom. The predicted octanol–water partition coefficient (Wildman–Crippen LogP) is 6.08. The molecule has 1 heterocycles. The van der Waals surface area contributed by atoms with Gasteiger partial charge < -0.3 is 10.2 Å². The monoisotopic (exact) mass is 506 g/mol. The molecule has 1 amide bonds. The van der Waals surface area contributed by atoms with Crippen LogP contribution in [0.15, 0.2) is 83.6 Å². The molecule has 2 unspecified atom stereocenters. The molecule has 0 bridgehead atoms. The molecule has 2 aromatic carbocycles. The summed E-state index contributed by atoms with van der Waals surface area (Å²) in [6.07, 6.45) is 11.4. The van der Waals surface area contributed by atoms with Gasteiger partial charge in [-0.05, 0) is 61.1 Å². The predicted molar refractivity (Wildman–Crippen MR) is 147 cm³/mol. The largest absolute Gasteiger partial charge is 0.368 e. The van der Waals surface area contributed by atoms with Gasteiger partial charge in [-0.15, -0.1) is 0 Å². The molecule has 1 fully saturated rings. The Labute approximate surface area is 224 Å². The first kappa shape index (κ1) is 24.7. The molecule has 1 saturated heterocycles. The number of carbonyl (C=O) groups is 1. The second-order valence-corrected chi connectivity index (χ2v) is 11.9. The summed E-state index contributed by atoms with van der Waals surface area (Å²) in [5.41, 5.74) is 4.79. The van der Waals surface area contributed by atoms with Gasteiger partial charge in [-0.1, -0.05) is 66.6 Å². The van der Waals surface area contributed by atoms with Gasteiger partial charge in [-0.3, -0.25) is 4.79 Å². The second kappa shape index (κ2) is 8.98. The van der Waals surface area contributed by atoms with Crippen molar-refractivity contribution in [1.82, 2.24) is 10.2 Å². The average Bonchev–Trinajstić information content (AvgIpc) is 3.54. The van der Waals surface area contributed by atoms with E-state index in [4.69, 9.17) is 0 Å². The van der Waals surface area contributed by atoms with Gasteiger partial charge in [-0.25, -0.2) is 4.39 Å². The van der Waals surface area contributed by atoms with Crippen LogP contribution in [-0.2, 0) is 17.5 Å². The van der Waals surface area contributed by atoms with E-state index in [1.807, 2.05) is 55.5 Å².